The number of nitrogens with one attached hydrogen (secondary N) is 2. The van der Waals surface area contributed by atoms with Crippen molar-refractivity contribution in [1.82, 2.24) is 20.8 Å². The molecule has 2 aromatic rings. The Morgan fingerprint density at radius 2 is 1.85 bits per heavy atom. The quantitative estimate of drug-likeness (QED) is 0.735. The molecule has 1 heterocycles. The standard InChI is InChI=1S/C18H27N5O2.ClH/c1-11(2)14(20-17(24)22-18(3,4)5)16-21-15(23-25-16)13-8-6-12(10-19)7-9-13;/h6-9,11,14H,10,19H2,1-5H3,(H2,20,22,24);1H/t14-;/m0./s1. The predicted octanol–water partition coefficient (Wildman–Crippen LogP) is 3.41. The van der Waals surface area contributed by atoms with Crippen LogP contribution < -0.4 is 16.4 Å². The summed E-state index contributed by atoms with van der Waals surface area (Å²) in [5, 5.41) is 9.82. The summed E-state index contributed by atoms with van der Waals surface area (Å²) in [6, 6.07) is 7.04. The van der Waals surface area contributed by atoms with Crippen LogP contribution in [0.25, 0.3) is 11.4 Å². The van der Waals surface area contributed by atoms with Crippen LogP contribution in [0.1, 0.15) is 52.1 Å². The van der Waals surface area contributed by atoms with Gasteiger partial charge in [-0.2, -0.15) is 4.98 Å². The van der Waals surface area contributed by atoms with Crippen molar-refractivity contribution in [3.63, 3.8) is 0 Å². The summed E-state index contributed by atoms with van der Waals surface area (Å²) in [5.74, 6) is 0.970. The van der Waals surface area contributed by atoms with E-state index in [1.54, 1.807) is 0 Å². The summed E-state index contributed by atoms with van der Waals surface area (Å²) in [6.07, 6.45) is 0. The Kier molecular flexibility index (Phi) is 7.59. The number of carbonyl (C=O) groups excluding carboxylic acids is 1. The number of halogens is 1. The van der Waals surface area contributed by atoms with Crippen LogP contribution in [0.3, 0.4) is 0 Å². The number of aromatic nitrogens is 2. The molecule has 1 aromatic carbocycles. The molecule has 0 radical (unpaired) electrons. The second-order valence-corrected chi connectivity index (χ2v) is 7.43. The van der Waals surface area contributed by atoms with Gasteiger partial charge in [0.2, 0.25) is 11.7 Å². The number of benzene rings is 1. The lowest BCUT2D eigenvalue weighted by atomic mass is 10.0. The number of amides is 2. The number of nitrogens with two attached hydrogens (primary N) is 1. The zero-order valence-corrected chi connectivity index (χ0v) is 16.7. The number of rotatable bonds is 5. The van der Waals surface area contributed by atoms with E-state index in [0.29, 0.717) is 18.3 Å². The summed E-state index contributed by atoms with van der Waals surface area (Å²) >= 11 is 0. The van der Waals surface area contributed by atoms with E-state index in [1.807, 2.05) is 58.9 Å². The van der Waals surface area contributed by atoms with Gasteiger partial charge in [-0.3, -0.25) is 0 Å². The highest BCUT2D eigenvalue weighted by Crippen LogP contribution is 2.23. The Hall–Kier alpha value is -2.12. The fourth-order valence-corrected chi connectivity index (χ4v) is 2.30. The van der Waals surface area contributed by atoms with Gasteiger partial charge < -0.3 is 20.9 Å². The van der Waals surface area contributed by atoms with Crippen LogP contribution in [0.2, 0.25) is 0 Å². The normalized spacial score (nSPS) is 12.4. The van der Waals surface area contributed by atoms with Crippen molar-refractivity contribution < 1.29 is 9.32 Å². The zero-order valence-electron chi connectivity index (χ0n) is 15.9. The number of urea groups is 1. The highest BCUT2D eigenvalue weighted by atomic mass is 35.5. The molecule has 0 bridgehead atoms. The first-order chi connectivity index (χ1) is 11.7. The molecular formula is C18H28ClN5O2. The van der Waals surface area contributed by atoms with E-state index in [9.17, 15) is 4.79 Å². The third kappa shape index (κ3) is 6.00. The van der Waals surface area contributed by atoms with Gasteiger partial charge in [-0.1, -0.05) is 43.3 Å². The van der Waals surface area contributed by atoms with Gasteiger partial charge >= 0.3 is 6.03 Å². The van der Waals surface area contributed by atoms with Gasteiger partial charge in [-0.15, -0.1) is 12.4 Å². The molecule has 1 aromatic heterocycles. The molecule has 7 nitrogen and oxygen atoms in total. The summed E-state index contributed by atoms with van der Waals surface area (Å²) in [4.78, 5) is 16.6. The van der Waals surface area contributed by atoms with Crippen molar-refractivity contribution in [2.24, 2.45) is 11.7 Å². The van der Waals surface area contributed by atoms with E-state index in [-0.39, 0.29) is 35.9 Å². The van der Waals surface area contributed by atoms with Crippen molar-refractivity contribution >= 4 is 18.4 Å². The minimum Gasteiger partial charge on any atom is -0.337 e. The average molecular weight is 382 g/mol. The molecule has 0 saturated heterocycles. The molecule has 0 unspecified atom stereocenters. The van der Waals surface area contributed by atoms with Gasteiger partial charge in [0.25, 0.3) is 0 Å². The van der Waals surface area contributed by atoms with Crippen LogP contribution in [0.15, 0.2) is 28.8 Å². The third-order valence-electron chi connectivity index (χ3n) is 3.60. The van der Waals surface area contributed by atoms with E-state index in [1.165, 1.54) is 0 Å². The lowest BCUT2D eigenvalue weighted by Crippen LogP contribution is -2.48. The number of hydrogen-bond acceptors (Lipinski definition) is 5. The lowest BCUT2D eigenvalue weighted by Gasteiger charge is -2.24. The van der Waals surface area contributed by atoms with E-state index in [2.05, 4.69) is 20.8 Å². The summed E-state index contributed by atoms with van der Waals surface area (Å²) in [5.41, 5.74) is 7.16. The molecule has 2 amide bonds. The zero-order chi connectivity index (χ0) is 18.6. The van der Waals surface area contributed by atoms with Gasteiger partial charge in [-0.05, 0) is 32.3 Å². The Balaban J connectivity index is 0.00000338. The molecule has 4 N–H and O–H groups in total. The largest absolute Gasteiger partial charge is 0.337 e. The predicted molar refractivity (Wildman–Crippen MR) is 104 cm³/mol. The SMILES string of the molecule is CC(C)[C@H](NC(=O)NC(C)(C)C)c1nc(-c2ccc(CN)cc2)no1.Cl. The first kappa shape index (κ1) is 21.9. The Bertz CT molecular complexity index is 707. The summed E-state index contributed by atoms with van der Waals surface area (Å²) in [6.45, 7) is 10.2. The first-order valence-corrected chi connectivity index (χ1v) is 8.41. The minimum atomic E-state index is -0.369. The van der Waals surface area contributed by atoms with Crippen LogP contribution in [0.5, 0.6) is 0 Å². The molecule has 0 aliphatic heterocycles. The Labute approximate surface area is 160 Å². The number of hydrogen-bond donors (Lipinski definition) is 3. The number of nitrogens with zero attached hydrogens (tertiary/aromatic N) is 2. The Morgan fingerprint density at radius 3 is 2.35 bits per heavy atom. The Morgan fingerprint density at radius 1 is 1.23 bits per heavy atom. The van der Waals surface area contributed by atoms with Gasteiger partial charge in [-0.25, -0.2) is 4.79 Å². The van der Waals surface area contributed by atoms with Crippen LogP contribution >= 0.6 is 12.4 Å². The maximum atomic E-state index is 12.2. The molecule has 26 heavy (non-hydrogen) atoms. The molecule has 0 aliphatic carbocycles. The third-order valence-corrected chi connectivity index (χ3v) is 3.60. The van der Waals surface area contributed by atoms with E-state index < -0.39 is 0 Å². The first-order valence-electron chi connectivity index (χ1n) is 8.41. The van der Waals surface area contributed by atoms with Gasteiger partial charge in [0.15, 0.2) is 0 Å². The fourth-order valence-electron chi connectivity index (χ4n) is 2.30. The molecule has 0 spiro atoms. The van der Waals surface area contributed by atoms with Gasteiger partial charge in [0.05, 0.1) is 0 Å². The lowest BCUT2D eigenvalue weighted by molar-refractivity contribution is 0.216. The molecule has 0 fully saturated rings. The maximum Gasteiger partial charge on any atom is 0.315 e. The van der Waals surface area contributed by atoms with Gasteiger partial charge in [0, 0.05) is 17.6 Å². The van der Waals surface area contributed by atoms with Crippen molar-refractivity contribution in [2.45, 2.75) is 52.7 Å². The van der Waals surface area contributed by atoms with Crippen LogP contribution in [0.4, 0.5) is 4.79 Å². The highest BCUT2D eigenvalue weighted by Gasteiger charge is 2.26. The van der Waals surface area contributed by atoms with E-state index in [0.717, 1.165) is 11.1 Å². The maximum absolute atomic E-state index is 12.2. The van der Waals surface area contributed by atoms with Crippen molar-refractivity contribution in [2.75, 3.05) is 0 Å². The van der Waals surface area contributed by atoms with Crippen molar-refractivity contribution in [3.8, 4) is 11.4 Å². The fraction of sp³-hybridized carbons (Fsp3) is 0.500. The molecule has 8 heteroatoms. The monoisotopic (exact) mass is 381 g/mol. The minimum absolute atomic E-state index is 0. The van der Waals surface area contributed by atoms with Crippen LogP contribution in [-0.4, -0.2) is 21.7 Å². The molecular weight excluding hydrogens is 354 g/mol. The molecule has 1 atom stereocenters. The molecule has 0 saturated carbocycles. The topological polar surface area (TPSA) is 106 Å². The second-order valence-electron chi connectivity index (χ2n) is 7.43. The van der Waals surface area contributed by atoms with E-state index >= 15 is 0 Å². The van der Waals surface area contributed by atoms with Crippen molar-refractivity contribution in [1.29, 1.82) is 0 Å². The van der Waals surface area contributed by atoms with Crippen LogP contribution in [0, 0.1) is 5.92 Å². The van der Waals surface area contributed by atoms with Crippen LogP contribution in [-0.2, 0) is 6.54 Å². The second kappa shape index (κ2) is 9.00. The smallest absolute Gasteiger partial charge is 0.315 e. The average Bonchev–Trinajstić information content (AvgIpc) is 3.00. The molecule has 144 valence electrons. The number of carbonyl (C=O) groups is 1. The highest BCUT2D eigenvalue weighted by molar-refractivity contribution is 5.85. The van der Waals surface area contributed by atoms with Crippen molar-refractivity contribution in [3.05, 3.63) is 35.7 Å². The van der Waals surface area contributed by atoms with Gasteiger partial charge in [0.1, 0.15) is 6.04 Å². The molecule has 2 rings (SSSR count). The van der Waals surface area contributed by atoms with E-state index in [4.69, 9.17) is 10.3 Å². The summed E-state index contributed by atoms with van der Waals surface area (Å²) < 4.78 is 5.40. The summed E-state index contributed by atoms with van der Waals surface area (Å²) in [7, 11) is 0. The molecule has 0 aliphatic rings.